The van der Waals surface area contributed by atoms with Crippen molar-refractivity contribution in [3.8, 4) is 6.07 Å². The Morgan fingerprint density at radius 1 is 1.20 bits per heavy atom. The Kier molecular flexibility index (Phi) is 8.60. The normalized spacial score (nSPS) is 20.0. The lowest BCUT2D eigenvalue weighted by atomic mass is 9.69. The van der Waals surface area contributed by atoms with E-state index in [1.807, 2.05) is 60.8 Å². The molecule has 0 bridgehead atoms. The minimum atomic E-state index is -1.25. The van der Waals surface area contributed by atoms with Gasteiger partial charge >= 0.3 is 5.97 Å². The summed E-state index contributed by atoms with van der Waals surface area (Å²) in [7, 11) is 0. The summed E-state index contributed by atoms with van der Waals surface area (Å²) in [6.07, 6.45) is 3.17. The van der Waals surface area contributed by atoms with E-state index >= 15 is 0 Å². The fourth-order valence-corrected chi connectivity index (χ4v) is 5.53. The molecule has 3 unspecified atom stereocenters. The third kappa shape index (κ3) is 5.87. The van der Waals surface area contributed by atoms with Gasteiger partial charge in [-0.25, -0.2) is 0 Å². The number of rotatable bonds is 9. The highest BCUT2D eigenvalue weighted by Gasteiger charge is 2.54. The number of carbonyl (C=O) groups is 3. The quantitative estimate of drug-likeness (QED) is 0.354. The van der Waals surface area contributed by atoms with Crippen molar-refractivity contribution in [3.05, 3.63) is 71.9 Å². The van der Waals surface area contributed by atoms with E-state index in [4.69, 9.17) is 10.5 Å². The Balaban J connectivity index is 1.72. The molecule has 3 aromatic rings. The van der Waals surface area contributed by atoms with Gasteiger partial charge in [-0.05, 0) is 57.2 Å². The molecule has 2 aromatic carbocycles. The van der Waals surface area contributed by atoms with Gasteiger partial charge in [0.15, 0.2) is 0 Å². The standard InChI is InChI=1S/C31H37N5O4/c1-4-40-29(39)31(18-21-11-6-5-7-12-21)15-10-16-36(26(31)19-32)27(37)25(35-28(38)30(2,3)33)17-22-20-34-24-14-9-8-13-23(22)24/h5-9,11-14,20,25-26,34H,4,10,15-18,33H2,1-3H3,(H,35,38). The maximum absolute atomic E-state index is 14.3. The summed E-state index contributed by atoms with van der Waals surface area (Å²) in [5, 5.41) is 14.2. The molecule has 4 N–H and O–H groups in total. The van der Waals surface area contributed by atoms with E-state index in [2.05, 4.69) is 16.4 Å². The number of likely N-dealkylation sites (tertiary alicyclic amines) is 1. The first kappa shape index (κ1) is 28.8. The molecular formula is C31H37N5O4. The van der Waals surface area contributed by atoms with Crippen LogP contribution < -0.4 is 11.1 Å². The molecule has 40 heavy (non-hydrogen) atoms. The van der Waals surface area contributed by atoms with Crippen LogP contribution in [-0.4, -0.2) is 58.4 Å². The van der Waals surface area contributed by atoms with Crippen molar-refractivity contribution in [3.63, 3.8) is 0 Å². The Labute approximate surface area is 234 Å². The first-order chi connectivity index (χ1) is 19.1. The van der Waals surface area contributed by atoms with Gasteiger partial charge in [0.1, 0.15) is 17.5 Å². The third-order valence-corrected chi connectivity index (χ3v) is 7.59. The molecule has 2 amide bonds. The van der Waals surface area contributed by atoms with E-state index in [-0.39, 0.29) is 26.0 Å². The third-order valence-electron chi connectivity index (χ3n) is 7.59. The number of nitriles is 1. The smallest absolute Gasteiger partial charge is 0.315 e. The van der Waals surface area contributed by atoms with E-state index in [1.54, 1.807) is 20.8 Å². The maximum Gasteiger partial charge on any atom is 0.315 e. The summed E-state index contributed by atoms with van der Waals surface area (Å²) >= 11 is 0. The zero-order valence-corrected chi connectivity index (χ0v) is 23.3. The van der Waals surface area contributed by atoms with E-state index in [0.717, 1.165) is 22.0 Å². The van der Waals surface area contributed by atoms with Gasteiger partial charge in [0.05, 0.1) is 18.2 Å². The average Bonchev–Trinajstić information content (AvgIpc) is 3.35. The molecule has 1 aromatic heterocycles. The number of para-hydroxylation sites is 1. The number of fused-ring (bicyclic) bond motifs is 1. The number of H-pyrrole nitrogens is 1. The number of nitrogens with zero attached hydrogens (tertiary/aromatic N) is 2. The molecule has 2 heterocycles. The largest absolute Gasteiger partial charge is 0.465 e. The van der Waals surface area contributed by atoms with Crippen molar-refractivity contribution in [2.24, 2.45) is 11.1 Å². The van der Waals surface area contributed by atoms with Crippen LogP contribution in [0.1, 0.15) is 44.7 Å². The Hall–Kier alpha value is -4.16. The molecule has 1 fully saturated rings. The topological polar surface area (TPSA) is 141 Å². The predicted octanol–water partition coefficient (Wildman–Crippen LogP) is 3.24. The molecule has 0 spiro atoms. The second kappa shape index (κ2) is 11.9. The van der Waals surface area contributed by atoms with Crippen molar-refractivity contribution in [2.45, 2.75) is 64.1 Å². The number of piperidine rings is 1. The van der Waals surface area contributed by atoms with Crippen LogP contribution in [0.5, 0.6) is 0 Å². The molecule has 1 aliphatic rings. The van der Waals surface area contributed by atoms with Crippen LogP contribution in [0.15, 0.2) is 60.8 Å². The number of aromatic amines is 1. The van der Waals surface area contributed by atoms with Crippen LogP contribution >= 0.6 is 0 Å². The van der Waals surface area contributed by atoms with Crippen molar-refractivity contribution in [1.29, 1.82) is 5.26 Å². The summed E-state index contributed by atoms with van der Waals surface area (Å²) in [4.78, 5) is 45.5. The summed E-state index contributed by atoms with van der Waals surface area (Å²) in [5.41, 5.74) is 6.22. The average molecular weight is 544 g/mol. The Morgan fingerprint density at radius 3 is 2.58 bits per heavy atom. The van der Waals surface area contributed by atoms with Gasteiger partial charge in [0.2, 0.25) is 11.8 Å². The fraction of sp³-hybridized carbons (Fsp3) is 0.419. The molecule has 210 valence electrons. The van der Waals surface area contributed by atoms with Crippen LogP contribution in [0, 0.1) is 16.7 Å². The number of amides is 2. The number of hydrogen-bond acceptors (Lipinski definition) is 6. The van der Waals surface area contributed by atoms with Gasteiger partial charge in [-0.15, -0.1) is 0 Å². The Morgan fingerprint density at radius 2 is 1.90 bits per heavy atom. The number of esters is 1. The number of nitrogens with two attached hydrogens (primary N) is 1. The molecule has 1 aliphatic heterocycles. The maximum atomic E-state index is 14.3. The molecule has 0 saturated carbocycles. The first-order valence-corrected chi connectivity index (χ1v) is 13.7. The van der Waals surface area contributed by atoms with E-state index in [9.17, 15) is 19.6 Å². The number of hydrogen-bond donors (Lipinski definition) is 3. The van der Waals surface area contributed by atoms with Crippen LogP contribution in [0.2, 0.25) is 0 Å². The van der Waals surface area contributed by atoms with Crippen molar-refractivity contribution in [2.75, 3.05) is 13.2 Å². The second-order valence-electron chi connectivity index (χ2n) is 11.0. The highest BCUT2D eigenvalue weighted by molar-refractivity contribution is 5.93. The highest BCUT2D eigenvalue weighted by atomic mass is 16.5. The van der Waals surface area contributed by atoms with E-state index < -0.39 is 40.8 Å². The monoisotopic (exact) mass is 543 g/mol. The van der Waals surface area contributed by atoms with Crippen LogP contribution in [0.3, 0.4) is 0 Å². The Bertz CT molecular complexity index is 1400. The molecule has 0 aliphatic carbocycles. The van der Waals surface area contributed by atoms with Gasteiger partial charge < -0.3 is 25.7 Å². The zero-order chi connectivity index (χ0) is 28.9. The minimum absolute atomic E-state index is 0.159. The molecule has 3 atom stereocenters. The number of carbonyl (C=O) groups excluding carboxylic acids is 3. The lowest BCUT2D eigenvalue weighted by molar-refractivity contribution is -0.164. The number of nitrogens with one attached hydrogen (secondary N) is 2. The fourth-order valence-electron chi connectivity index (χ4n) is 5.53. The van der Waals surface area contributed by atoms with Crippen LogP contribution in [0.4, 0.5) is 0 Å². The van der Waals surface area contributed by atoms with E-state index in [1.165, 1.54) is 4.90 Å². The van der Waals surface area contributed by atoms with Crippen LogP contribution in [-0.2, 0) is 32.0 Å². The lowest BCUT2D eigenvalue weighted by Gasteiger charge is -2.46. The molecular weight excluding hydrogens is 506 g/mol. The number of aromatic nitrogens is 1. The van der Waals surface area contributed by atoms with Gasteiger partial charge in [-0.2, -0.15) is 5.26 Å². The van der Waals surface area contributed by atoms with Crippen molar-refractivity contribution < 1.29 is 19.1 Å². The molecule has 4 rings (SSSR count). The highest BCUT2D eigenvalue weighted by Crippen LogP contribution is 2.41. The molecule has 9 heteroatoms. The summed E-state index contributed by atoms with van der Waals surface area (Å²) < 4.78 is 5.50. The summed E-state index contributed by atoms with van der Waals surface area (Å²) in [5.74, 6) is -1.42. The second-order valence-corrected chi connectivity index (χ2v) is 11.0. The molecule has 9 nitrogen and oxygen atoms in total. The summed E-state index contributed by atoms with van der Waals surface area (Å²) in [6, 6.07) is 17.3. The number of benzene rings is 2. The molecule has 0 radical (unpaired) electrons. The number of ether oxygens (including phenoxy) is 1. The van der Waals surface area contributed by atoms with Gasteiger partial charge in [0, 0.05) is 30.1 Å². The van der Waals surface area contributed by atoms with Crippen molar-refractivity contribution >= 4 is 28.7 Å². The van der Waals surface area contributed by atoms with Gasteiger partial charge in [0.25, 0.3) is 0 Å². The molecule has 1 saturated heterocycles. The summed E-state index contributed by atoms with van der Waals surface area (Å²) in [6.45, 7) is 5.30. The van der Waals surface area contributed by atoms with Crippen molar-refractivity contribution in [1.82, 2.24) is 15.2 Å². The minimum Gasteiger partial charge on any atom is -0.465 e. The van der Waals surface area contributed by atoms with Crippen LogP contribution in [0.25, 0.3) is 10.9 Å². The van der Waals surface area contributed by atoms with Gasteiger partial charge in [-0.3, -0.25) is 14.4 Å². The zero-order valence-electron chi connectivity index (χ0n) is 23.3. The SMILES string of the molecule is CCOC(=O)C1(Cc2ccccc2)CCCN(C(=O)C(Cc2c[nH]c3ccccc23)NC(=O)C(C)(C)N)C1C#N. The lowest BCUT2D eigenvalue weighted by Crippen LogP contribution is -2.63. The van der Waals surface area contributed by atoms with E-state index in [0.29, 0.717) is 12.8 Å². The predicted molar refractivity (Wildman–Crippen MR) is 152 cm³/mol. The first-order valence-electron chi connectivity index (χ1n) is 13.7. The van der Waals surface area contributed by atoms with Gasteiger partial charge in [-0.1, -0.05) is 48.5 Å².